The number of Topliss-reactive ketones (excluding diaryl/α,β-unsaturated/α-hetero) is 1. The third-order valence-electron chi connectivity index (χ3n) is 4.98. The first-order valence-corrected chi connectivity index (χ1v) is 10.3. The summed E-state index contributed by atoms with van der Waals surface area (Å²) in [6.45, 7) is 6.70. The number of benzene rings is 1. The zero-order valence-electron chi connectivity index (χ0n) is 17.8. The highest BCUT2D eigenvalue weighted by molar-refractivity contribution is 6.13. The van der Waals surface area contributed by atoms with Gasteiger partial charge in [-0.3, -0.25) is 20.3 Å². The monoisotopic (exact) mass is 417 g/mol. The normalized spacial score (nSPS) is 15.6. The molecule has 1 saturated heterocycles. The van der Waals surface area contributed by atoms with E-state index >= 15 is 0 Å². The second-order valence-corrected chi connectivity index (χ2v) is 8.12. The number of likely N-dealkylation sites (tertiary alicyclic amines) is 1. The van der Waals surface area contributed by atoms with Crippen LogP contribution in [0.4, 0.5) is 4.79 Å². The van der Waals surface area contributed by atoms with Gasteiger partial charge in [-0.05, 0) is 18.8 Å². The molecule has 0 spiro atoms. The van der Waals surface area contributed by atoms with E-state index in [0.29, 0.717) is 25.9 Å². The lowest BCUT2D eigenvalue weighted by atomic mass is 9.92. The molecular weight excluding hydrogens is 386 g/mol. The third-order valence-corrected chi connectivity index (χ3v) is 4.98. The maximum absolute atomic E-state index is 13.0. The number of hydrogen-bond acceptors (Lipinski definition) is 6. The quantitative estimate of drug-likeness (QED) is 0.358. The second kappa shape index (κ2) is 10.9. The highest BCUT2D eigenvalue weighted by Crippen LogP contribution is 2.19. The summed E-state index contributed by atoms with van der Waals surface area (Å²) in [6.07, 6.45) is 0.0388. The summed E-state index contributed by atoms with van der Waals surface area (Å²) >= 11 is 0. The molecule has 2 amide bonds. The van der Waals surface area contributed by atoms with Crippen LogP contribution in [0, 0.1) is 17.2 Å². The third kappa shape index (κ3) is 6.66. The molecule has 1 aromatic rings. The van der Waals surface area contributed by atoms with E-state index in [-0.39, 0.29) is 53.7 Å². The molecule has 164 valence electrons. The lowest BCUT2D eigenvalue weighted by molar-refractivity contribution is -0.133. The average molecular weight is 418 g/mol. The summed E-state index contributed by atoms with van der Waals surface area (Å²) in [5.74, 6) is -1.02. The van der Waals surface area contributed by atoms with Gasteiger partial charge in [0.25, 0.3) is 0 Å². The Morgan fingerprint density at radius 1 is 1.17 bits per heavy atom. The number of hydrogen-bond donors (Lipinski definition) is 3. The number of amidine groups is 1. The summed E-state index contributed by atoms with van der Waals surface area (Å²) in [5.41, 5.74) is 0.561. The predicted molar refractivity (Wildman–Crippen MR) is 113 cm³/mol. The number of carbonyl (C=O) groups excluding carboxylic acids is 3. The molecule has 0 radical (unpaired) electrons. The van der Waals surface area contributed by atoms with Crippen molar-refractivity contribution in [2.45, 2.75) is 46.1 Å². The number of ketones is 1. The molecule has 1 atom stereocenters. The fourth-order valence-electron chi connectivity index (χ4n) is 3.23. The molecular formula is C22H31N3O5. The van der Waals surface area contributed by atoms with Gasteiger partial charge in [0, 0.05) is 36.6 Å². The molecule has 1 aliphatic rings. The van der Waals surface area contributed by atoms with Crippen LogP contribution in [-0.2, 0) is 9.53 Å². The van der Waals surface area contributed by atoms with E-state index in [1.54, 1.807) is 36.1 Å². The maximum atomic E-state index is 13.0. The summed E-state index contributed by atoms with van der Waals surface area (Å²) in [6, 6.07) is 6.53. The van der Waals surface area contributed by atoms with Crippen molar-refractivity contribution in [2.75, 3.05) is 19.7 Å². The first-order valence-electron chi connectivity index (χ1n) is 10.3. The van der Waals surface area contributed by atoms with Crippen molar-refractivity contribution >= 4 is 23.6 Å². The van der Waals surface area contributed by atoms with Crippen molar-refractivity contribution in [3.8, 4) is 0 Å². The van der Waals surface area contributed by atoms with Crippen LogP contribution in [-0.4, -0.2) is 59.4 Å². The Morgan fingerprint density at radius 2 is 1.77 bits per heavy atom. The first kappa shape index (κ1) is 23.5. The SMILES string of the molecule is CC(C)COC(=O)NC(=N)c1ccccc1C(=O)C(C)CC(=O)N1CCC(O)CC1. The minimum Gasteiger partial charge on any atom is -0.449 e. The van der Waals surface area contributed by atoms with Crippen LogP contribution in [0.25, 0.3) is 0 Å². The summed E-state index contributed by atoms with van der Waals surface area (Å²) < 4.78 is 5.03. The molecule has 2 rings (SSSR count). The van der Waals surface area contributed by atoms with Gasteiger partial charge in [0.1, 0.15) is 5.84 Å². The molecule has 3 N–H and O–H groups in total. The number of rotatable bonds is 7. The molecule has 30 heavy (non-hydrogen) atoms. The van der Waals surface area contributed by atoms with E-state index < -0.39 is 12.0 Å². The van der Waals surface area contributed by atoms with Crippen LogP contribution >= 0.6 is 0 Å². The van der Waals surface area contributed by atoms with Crippen molar-refractivity contribution in [2.24, 2.45) is 11.8 Å². The molecule has 1 unspecified atom stereocenters. The predicted octanol–water partition coefficient (Wildman–Crippen LogP) is 2.59. The van der Waals surface area contributed by atoms with Crippen molar-refractivity contribution in [1.82, 2.24) is 10.2 Å². The molecule has 0 aliphatic carbocycles. The van der Waals surface area contributed by atoms with Gasteiger partial charge < -0.3 is 14.7 Å². The Hall–Kier alpha value is -2.74. The largest absolute Gasteiger partial charge is 0.449 e. The molecule has 0 saturated carbocycles. The fourth-order valence-corrected chi connectivity index (χ4v) is 3.23. The van der Waals surface area contributed by atoms with Crippen LogP contribution in [0.3, 0.4) is 0 Å². The lowest BCUT2D eigenvalue weighted by Crippen LogP contribution is -2.41. The maximum Gasteiger partial charge on any atom is 0.412 e. The summed E-state index contributed by atoms with van der Waals surface area (Å²) in [5, 5.41) is 20.1. The van der Waals surface area contributed by atoms with E-state index in [1.165, 1.54) is 0 Å². The number of aliphatic hydroxyl groups excluding tert-OH is 1. The fraction of sp³-hybridized carbons (Fsp3) is 0.545. The topological polar surface area (TPSA) is 120 Å². The van der Waals surface area contributed by atoms with Crippen LogP contribution in [0.15, 0.2) is 24.3 Å². The Kier molecular flexibility index (Phi) is 8.53. The zero-order chi connectivity index (χ0) is 22.3. The number of nitrogens with one attached hydrogen (secondary N) is 2. The number of aliphatic hydroxyl groups is 1. The van der Waals surface area contributed by atoms with Gasteiger partial charge in [0.15, 0.2) is 5.78 Å². The Balaban J connectivity index is 2.02. The number of nitrogens with zero attached hydrogens (tertiary/aromatic N) is 1. The van der Waals surface area contributed by atoms with Gasteiger partial charge in [0.05, 0.1) is 12.7 Å². The first-order chi connectivity index (χ1) is 14.2. The second-order valence-electron chi connectivity index (χ2n) is 8.12. The van der Waals surface area contributed by atoms with Gasteiger partial charge in [0.2, 0.25) is 5.91 Å². The van der Waals surface area contributed by atoms with E-state index in [4.69, 9.17) is 10.1 Å². The standard InChI is InChI=1S/C22H31N3O5/c1-14(2)13-30-22(29)24-21(23)18-7-5-4-6-17(18)20(28)15(3)12-19(27)25-10-8-16(26)9-11-25/h4-7,14-16,26H,8-13H2,1-3H3,(H2,23,24,29). The van der Waals surface area contributed by atoms with Crippen LogP contribution < -0.4 is 5.32 Å². The Bertz CT molecular complexity index is 785. The lowest BCUT2D eigenvalue weighted by Gasteiger charge is -2.30. The number of ether oxygens (including phenoxy) is 1. The molecule has 1 heterocycles. The smallest absolute Gasteiger partial charge is 0.412 e. The van der Waals surface area contributed by atoms with E-state index in [9.17, 15) is 19.5 Å². The Morgan fingerprint density at radius 3 is 2.37 bits per heavy atom. The van der Waals surface area contributed by atoms with E-state index in [0.717, 1.165) is 0 Å². The highest BCUT2D eigenvalue weighted by Gasteiger charge is 2.27. The summed E-state index contributed by atoms with van der Waals surface area (Å²) in [7, 11) is 0. The molecule has 1 fully saturated rings. The molecule has 8 heteroatoms. The molecule has 8 nitrogen and oxygen atoms in total. The Labute approximate surface area is 177 Å². The van der Waals surface area contributed by atoms with E-state index in [2.05, 4.69) is 5.32 Å². The van der Waals surface area contributed by atoms with Crippen molar-refractivity contribution < 1.29 is 24.2 Å². The minimum atomic E-state index is -0.744. The number of carbonyl (C=O) groups is 3. The van der Waals surface area contributed by atoms with Crippen molar-refractivity contribution in [1.29, 1.82) is 5.41 Å². The van der Waals surface area contributed by atoms with Gasteiger partial charge in [-0.15, -0.1) is 0 Å². The molecule has 0 aromatic heterocycles. The van der Waals surface area contributed by atoms with Crippen LogP contribution in [0.1, 0.15) is 56.0 Å². The van der Waals surface area contributed by atoms with E-state index in [1.807, 2.05) is 13.8 Å². The molecule has 0 bridgehead atoms. The zero-order valence-corrected chi connectivity index (χ0v) is 17.8. The molecule has 1 aromatic carbocycles. The van der Waals surface area contributed by atoms with Crippen molar-refractivity contribution in [3.63, 3.8) is 0 Å². The van der Waals surface area contributed by atoms with Gasteiger partial charge in [-0.1, -0.05) is 45.0 Å². The number of alkyl carbamates (subject to hydrolysis) is 1. The number of amides is 2. The van der Waals surface area contributed by atoms with Crippen LogP contribution in [0.2, 0.25) is 0 Å². The van der Waals surface area contributed by atoms with Gasteiger partial charge in [-0.2, -0.15) is 0 Å². The molecule has 1 aliphatic heterocycles. The van der Waals surface area contributed by atoms with Gasteiger partial charge >= 0.3 is 6.09 Å². The van der Waals surface area contributed by atoms with Crippen LogP contribution in [0.5, 0.6) is 0 Å². The summed E-state index contributed by atoms with van der Waals surface area (Å²) in [4.78, 5) is 39.0. The highest BCUT2D eigenvalue weighted by atomic mass is 16.5. The van der Waals surface area contributed by atoms with Crippen molar-refractivity contribution in [3.05, 3.63) is 35.4 Å². The average Bonchev–Trinajstić information content (AvgIpc) is 2.72. The number of piperidine rings is 1. The minimum absolute atomic E-state index is 0.0560. The van der Waals surface area contributed by atoms with Gasteiger partial charge in [-0.25, -0.2) is 4.79 Å².